The Bertz CT molecular complexity index is 412. The third-order valence-electron chi connectivity index (χ3n) is 4.90. The highest BCUT2D eigenvalue weighted by molar-refractivity contribution is 5.31. The smallest absolute Gasteiger partial charge is 0.118 e. The van der Waals surface area contributed by atoms with Crippen LogP contribution in [0.5, 0.6) is 5.75 Å². The van der Waals surface area contributed by atoms with Crippen molar-refractivity contribution in [2.75, 3.05) is 27.2 Å². The Morgan fingerprint density at radius 3 is 2.30 bits per heavy atom. The first-order valence-corrected chi connectivity index (χ1v) is 7.72. The van der Waals surface area contributed by atoms with Gasteiger partial charge in [-0.3, -0.25) is 4.90 Å². The van der Waals surface area contributed by atoms with E-state index in [2.05, 4.69) is 55.4 Å². The monoisotopic (exact) mass is 276 g/mol. The Morgan fingerprint density at radius 2 is 1.85 bits per heavy atom. The second-order valence-electron chi connectivity index (χ2n) is 5.90. The molecule has 20 heavy (non-hydrogen) atoms. The number of nitrogens with zero attached hydrogens (tertiary/aromatic N) is 1. The van der Waals surface area contributed by atoms with Gasteiger partial charge in [-0.1, -0.05) is 19.1 Å². The molecule has 1 aromatic carbocycles. The molecule has 0 bridgehead atoms. The van der Waals surface area contributed by atoms with Crippen LogP contribution in [0.15, 0.2) is 24.3 Å². The number of hydrogen-bond acceptors (Lipinski definition) is 3. The zero-order chi connectivity index (χ0) is 14.6. The van der Waals surface area contributed by atoms with E-state index >= 15 is 0 Å². The Kier molecular flexibility index (Phi) is 5.06. The summed E-state index contributed by atoms with van der Waals surface area (Å²) in [6.45, 7) is 7.13. The van der Waals surface area contributed by atoms with Crippen LogP contribution in [-0.4, -0.2) is 37.7 Å². The first-order chi connectivity index (χ1) is 9.65. The minimum absolute atomic E-state index is 0.167. The molecule has 1 aliphatic heterocycles. The second-order valence-corrected chi connectivity index (χ2v) is 5.90. The maximum Gasteiger partial charge on any atom is 0.118 e. The zero-order valence-corrected chi connectivity index (χ0v) is 13.3. The third-order valence-corrected chi connectivity index (χ3v) is 4.90. The fourth-order valence-electron chi connectivity index (χ4n) is 3.47. The molecule has 1 aromatic rings. The minimum Gasteiger partial charge on any atom is -0.497 e. The second kappa shape index (κ2) is 6.59. The van der Waals surface area contributed by atoms with Crippen LogP contribution in [0.1, 0.15) is 44.7 Å². The van der Waals surface area contributed by atoms with E-state index in [1.807, 2.05) is 0 Å². The predicted molar refractivity (Wildman–Crippen MR) is 84.3 cm³/mol. The standard InChI is InChI=1S/C17H28N2O/c1-5-17(2,19-12-6-7-13-19)16(18-3)14-8-10-15(20-4)11-9-14/h8-11,16,18H,5-7,12-13H2,1-4H3. The van der Waals surface area contributed by atoms with Gasteiger partial charge in [0.25, 0.3) is 0 Å². The largest absolute Gasteiger partial charge is 0.497 e. The van der Waals surface area contributed by atoms with E-state index in [0.717, 1.165) is 12.2 Å². The van der Waals surface area contributed by atoms with Crippen molar-refractivity contribution in [1.29, 1.82) is 0 Å². The van der Waals surface area contributed by atoms with E-state index in [4.69, 9.17) is 4.74 Å². The Hall–Kier alpha value is -1.06. The molecule has 1 fully saturated rings. The molecule has 2 atom stereocenters. The van der Waals surface area contributed by atoms with Gasteiger partial charge in [0, 0.05) is 5.54 Å². The van der Waals surface area contributed by atoms with Crippen molar-refractivity contribution in [3.8, 4) is 5.75 Å². The first-order valence-electron chi connectivity index (χ1n) is 7.72. The molecule has 3 nitrogen and oxygen atoms in total. The summed E-state index contributed by atoms with van der Waals surface area (Å²) in [7, 11) is 3.78. The first kappa shape index (κ1) is 15.3. The van der Waals surface area contributed by atoms with Crippen LogP contribution in [-0.2, 0) is 0 Å². The van der Waals surface area contributed by atoms with Crippen LogP contribution in [0.2, 0.25) is 0 Å². The van der Waals surface area contributed by atoms with Crippen molar-refractivity contribution in [1.82, 2.24) is 10.2 Å². The van der Waals surface area contributed by atoms with Crippen LogP contribution < -0.4 is 10.1 Å². The number of rotatable bonds is 6. The number of hydrogen-bond donors (Lipinski definition) is 1. The summed E-state index contributed by atoms with van der Waals surface area (Å²) in [6.07, 6.45) is 3.80. The van der Waals surface area contributed by atoms with Gasteiger partial charge in [0.2, 0.25) is 0 Å². The lowest BCUT2D eigenvalue weighted by atomic mass is 9.83. The van der Waals surface area contributed by atoms with Crippen LogP contribution in [0.25, 0.3) is 0 Å². The van der Waals surface area contributed by atoms with Crippen molar-refractivity contribution in [3.05, 3.63) is 29.8 Å². The molecule has 112 valence electrons. The summed E-state index contributed by atoms with van der Waals surface area (Å²) in [5.74, 6) is 0.919. The van der Waals surface area contributed by atoms with Gasteiger partial charge < -0.3 is 10.1 Å². The number of methoxy groups -OCH3 is 1. The topological polar surface area (TPSA) is 24.5 Å². The zero-order valence-electron chi connectivity index (χ0n) is 13.3. The molecule has 0 radical (unpaired) electrons. The molecule has 1 N–H and O–H groups in total. The van der Waals surface area contributed by atoms with E-state index in [-0.39, 0.29) is 5.54 Å². The van der Waals surface area contributed by atoms with Crippen molar-refractivity contribution >= 4 is 0 Å². The van der Waals surface area contributed by atoms with Gasteiger partial charge in [-0.05, 0) is 64.0 Å². The average molecular weight is 276 g/mol. The lowest BCUT2D eigenvalue weighted by Gasteiger charge is -2.44. The van der Waals surface area contributed by atoms with Crippen LogP contribution in [0.3, 0.4) is 0 Å². The lowest BCUT2D eigenvalue weighted by molar-refractivity contribution is 0.0873. The lowest BCUT2D eigenvalue weighted by Crippen LogP contribution is -2.52. The fraction of sp³-hybridized carbons (Fsp3) is 0.647. The van der Waals surface area contributed by atoms with Crippen LogP contribution in [0.4, 0.5) is 0 Å². The van der Waals surface area contributed by atoms with Gasteiger partial charge in [0.15, 0.2) is 0 Å². The maximum absolute atomic E-state index is 5.26. The quantitative estimate of drug-likeness (QED) is 0.863. The molecule has 1 heterocycles. The maximum atomic E-state index is 5.26. The van der Waals surface area contributed by atoms with E-state index in [1.165, 1.54) is 31.5 Å². The summed E-state index contributed by atoms with van der Waals surface area (Å²) < 4.78 is 5.26. The molecule has 0 aliphatic carbocycles. The van der Waals surface area contributed by atoms with Crippen molar-refractivity contribution in [2.24, 2.45) is 0 Å². The molecule has 0 saturated carbocycles. The van der Waals surface area contributed by atoms with Crippen molar-refractivity contribution in [3.63, 3.8) is 0 Å². The normalized spacial score (nSPS) is 20.6. The molecule has 3 heteroatoms. The van der Waals surface area contributed by atoms with E-state index in [0.29, 0.717) is 6.04 Å². The number of likely N-dealkylation sites (N-methyl/N-ethyl adjacent to an activating group) is 1. The van der Waals surface area contributed by atoms with Gasteiger partial charge in [0.05, 0.1) is 13.2 Å². The molecule has 0 spiro atoms. The number of nitrogens with one attached hydrogen (secondary N) is 1. The number of ether oxygens (including phenoxy) is 1. The van der Waals surface area contributed by atoms with Crippen LogP contribution in [0, 0.1) is 0 Å². The Labute approximate surface area is 123 Å². The molecule has 1 aliphatic rings. The van der Waals surface area contributed by atoms with E-state index in [9.17, 15) is 0 Å². The highest BCUT2D eigenvalue weighted by Gasteiger charge is 2.39. The van der Waals surface area contributed by atoms with Crippen molar-refractivity contribution < 1.29 is 4.74 Å². The molecule has 0 aromatic heterocycles. The highest BCUT2D eigenvalue weighted by Crippen LogP contribution is 2.36. The molecule has 2 rings (SSSR count). The van der Waals surface area contributed by atoms with Crippen LogP contribution >= 0.6 is 0 Å². The summed E-state index contributed by atoms with van der Waals surface area (Å²) in [5, 5.41) is 3.54. The highest BCUT2D eigenvalue weighted by atomic mass is 16.5. The number of benzene rings is 1. The van der Waals surface area contributed by atoms with Gasteiger partial charge in [0.1, 0.15) is 5.75 Å². The van der Waals surface area contributed by atoms with Crippen molar-refractivity contribution in [2.45, 2.75) is 44.7 Å². The fourth-order valence-corrected chi connectivity index (χ4v) is 3.47. The average Bonchev–Trinajstić information content (AvgIpc) is 3.03. The molecular weight excluding hydrogens is 248 g/mol. The third kappa shape index (κ3) is 2.84. The molecular formula is C17H28N2O. The van der Waals surface area contributed by atoms with Gasteiger partial charge >= 0.3 is 0 Å². The Balaban J connectivity index is 2.27. The SMILES string of the molecule is CCC(C)(C(NC)c1ccc(OC)cc1)N1CCCC1. The van der Waals surface area contributed by atoms with E-state index in [1.54, 1.807) is 7.11 Å². The van der Waals surface area contributed by atoms with Gasteiger partial charge in [-0.15, -0.1) is 0 Å². The minimum atomic E-state index is 0.167. The van der Waals surface area contributed by atoms with Gasteiger partial charge in [-0.25, -0.2) is 0 Å². The van der Waals surface area contributed by atoms with Gasteiger partial charge in [-0.2, -0.15) is 0 Å². The summed E-state index contributed by atoms with van der Waals surface area (Å²) >= 11 is 0. The van der Waals surface area contributed by atoms with E-state index < -0.39 is 0 Å². The summed E-state index contributed by atoms with van der Waals surface area (Å²) in [4.78, 5) is 2.65. The summed E-state index contributed by atoms with van der Waals surface area (Å²) in [5.41, 5.74) is 1.50. The molecule has 2 unspecified atom stereocenters. The summed E-state index contributed by atoms with van der Waals surface area (Å²) in [6, 6.07) is 8.82. The molecule has 0 amide bonds. The number of likely N-dealkylation sites (tertiary alicyclic amines) is 1. The predicted octanol–water partition coefficient (Wildman–Crippen LogP) is 3.22. The Morgan fingerprint density at radius 1 is 1.25 bits per heavy atom. The molecule has 1 saturated heterocycles.